The highest BCUT2D eigenvalue weighted by molar-refractivity contribution is 7.89. The molecule has 1 fully saturated rings. The Labute approximate surface area is 103 Å². The van der Waals surface area contributed by atoms with E-state index in [-0.39, 0.29) is 23.6 Å². The smallest absolute Gasteiger partial charge is 0.226 e. The highest BCUT2D eigenvalue weighted by Crippen LogP contribution is 2.20. The van der Waals surface area contributed by atoms with Crippen LogP contribution in [0, 0.1) is 5.92 Å². The van der Waals surface area contributed by atoms with Crippen molar-refractivity contribution in [2.24, 2.45) is 11.7 Å². The number of amides is 1. The number of nitrogens with zero attached hydrogens (tertiary/aromatic N) is 1. The van der Waals surface area contributed by atoms with E-state index >= 15 is 0 Å². The van der Waals surface area contributed by atoms with Crippen LogP contribution in [0.1, 0.15) is 19.8 Å². The van der Waals surface area contributed by atoms with Gasteiger partial charge in [0.25, 0.3) is 0 Å². The predicted molar refractivity (Wildman–Crippen MR) is 65.8 cm³/mol. The number of hydrogen-bond donors (Lipinski definition) is 2. The molecule has 7 heteroatoms. The fraction of sp³-hybridized carbons (Fsp3) is 0.900. The molecule has 0 spiro atoms. The second-order valence-electron chi connectivity index (χ2n) is 4.45. The maximum atomic E-state index is 12.0. The van der Waals surface area contributed by atoms with Gasteiger partial charge < -0.3 is 10.6 Å². The molecule has 1 heterocycles. The molecule has 100 valence electrons. The van der Waals surface area contributed by atoms with Crippen molar-refractivity contribution in [3.8, 4) is 0 Å². The lowest BCUT2D eigenvalue weighted by molar-refractivity contribution is -0.135. The molecule has 6 nitrogen and oxygen atoms in total. The molecule has 0 aromatic carbocycles. The number of nitrogens with two attached hydrogens (primary N) is 1. The second kappa shape index (κ2) is 5.79. The van der Waals surface area contributed by atoms with E-state index < -0.39 is 10.0 Å². The van der Waals surface area contributed by atoms with Gasteiger partial charge in [-0.3, -0.25) is 4.79 Å². The van der Waals surface area contributed by atoms with Gasteiger partial charge in [-0.25, -0.2) is 13.1 Å². The molecule has 0 radical (unpaired) electrons. The number of hydrogen-bond acceptors (Lipinski definition) is 4. The van der Waals surface area contributed by atoms with Gasteiger partial charge in [0.15, 0.2) is 0 Å². The lowest BCUT2D eigenvalue weighted by Gasteiger charge is -2.26. The van der Waals surface area contributed by atoms with Crippen LogP contribution in [-0.4, -0.2) is 51.2 Å². The molecule has 3 N–H and O–H groups in total. The van der Waals surface area contributed by atoms with Crippen LogP contribution in [0.5, 0.6) is 0 Å². The van der Waals surface area contributed by atoms with Crippen molar-refractivity contribution in [3.63, 3.8) is 0 Å². The van der Waals surface area contributed by atoms with Gasteiger partial charge in [0.1, 0.15) is 0 Å². The molecular weight excluding hydrogens is 242 g/mol. The van der Waals surface area contributed by atoms with Gasteiger partial charge in [-0.05, 0) is 19.9 Å². The molecule has 1 saturated heterocycles. The first-order chi connectivity index (χ1) is 7.91. The highest BCUT2D eigenvalue weighted by atomic mass is 32.2. The highest BCUT2D eigenvalue weighted by Gasteiger charge is 2.33. The molecule has 17 heavy (non-hydrogen) atoms. The third kappa shape index (κ3) is 3.65. The van der Waals surface area contributed by atoms with Crippen molar-refractivity contribution in [2.75, 3.05) is 25.9 Å². The Morgan fingerprint density at radius 3 is 2.76 bits per heavy atom. The van der Waals surface area contributed by atoms with E-state index in [2.05, 4.69) is 4.72 Å². The summed E-state index contributed by atoms with van der Waals surface area (Å²) in [7, 11) is -1.89. The van der Waals surface area contributed by atoms with Crippen molar-refractivity contribution >= 4 is 15.9 Å². The van der Waals surface area contributed by atoms with Crippen LogP contribution in [0.25, 0.3) is 0 Å². The summed E-state index contributed by atoms with van der Waals surface area (Å²) in [5, 5.41) is 0. The summed E-state index contributed by atoms with van der Waals surface area (Å²) in [5.41, 5.74) is 5.46. The molecule has 2 unspecified atom stereocenters. The van der Waals surface area contributed by atoms with E-state index in [9.17, 15) is 13.2 Å². The minimum atomic E-state index is -3.28. The number of likely N-dealkylation sites (tertiary alicyclic amines) is 1. The van der Waals surface area contributed by atoms with Crippen LogP contribution in [-0.2, 0) is 14.8 Å². The standard InChI is InChI=1S/C10H21N3O3S/c1-8(6-11)10(14)13-5-3-4-9(13)7-17(15,16)12-2/h8-9,12H,3-7,11H2,1-2H3. The van der Waals surface area contributed by atoms with Crippen molar-refractivity contribution < 1.29 is 13.2 Å². The van der Waals surface area contributed by atoms with Crippen LogP contribution >= 0.6 is 0 Å². The summed E-state index contributed by atoms with van der Waals surface area (Å²) in [6.07, 6.45) is 1.59. The first-order valence-electron chi connectivity index (χ1n) is 5.83. The summed E-state index contributed by atoms with van der Waals surface area (Å²) in [6.45, 7) is 2.69. The first kappa shape index (κ1) is 14.4. The Balaban J connectivity index is 2.70. The lowest BCUT2D eigenvalue weighted by atomic mass is 10.1. The number of nitrogens with one attached hydrogen (secondary N) is 1. The van der Waals surface area contributed by atoms with Crippen LogP contribution < -0.4 is 10.5 Å². The maximum absolute atomic E-state index is 12.0. The van der Waals surface area contributed by atoms with Gasteiger partial charge in [-0.15, -0.1) is 0 Å². The zero-order valence-corrected chi connectivity index (χ0v) is 11.2. The summed E-state index contributed by atoms with van der Waals surface area (Å²) in [5.74, 6) is -0.304. The summed E-state index contributed by atoms with van der Waals surface area (Å²) >= 11 is 0. The molecule has 0 aromatic rings. The maximum Gasteiger partial charge on any atom is 0.226 e. The zero-order valence-electron chi connectivity index (χ0n) is 10.3. The molecule has 0 saturated carbocycles. The third-order valence-electron chi connectivity index (χ3n) is 3.16. The minimum absolute atomic E-state index is 0.0213. The van der Waals surface area contributed by atoms with Crippen LogP contribution in [0.3, 0.4) is 0 Å². The molecule has 1 amide bonds. The summed E-state index contributed by atoms with van der Waals surface area (Å²) < 4.78 is 25.3. The summed E-state index contributed by atoms with van der Waals surface area (Å²) in [6, 6.07) is -0.214. The van der Waals surface area contributed by atoms with E-state index in [0.717, 1.165) is 12.8 Å². The molecule has 1 aliphatic rings. The topological polar surface area (TPSA) is 92.5 Å². The SMILES string of the molecule is CNS(=O)(=O)CC1CCCN1C(=O)C(C)CN. The monoisotopic (exact) mass is 263 g/mol. The van der Waals surface area contributed by atoms with Crippen LogP contribution in [0.4, 0.5) is 0 Å². The van der Waals surface area contributed by atoms with Crippen molar-refractivity contribution in [1.29, 1.82) is 0 Å². The number of sulfonamides is 1. The fourth-order valence-electron chi connectivity index (χ4n) is 2.02. The Morgan fingerprint density at radius 2 is 2.24 bits per heavy atom. The molecule has 0 bridgehead atoms. The summed E-state index contributed by atoms with van der Waals surface area (Å²) in [4.78, 5) is 13.7. The average molecular weight is 263 g/mol. The first-order valence-corrected chi connectivity index (χ1v) is 7.48. The van der Waals surface area contributed by atoms with Gasteiger partial charge in [0, 0.05) is 25.0 Å². The van der Waals surface area contributed by atoms with E-state index in [1.807, 2.05) is 0 Å². The average Bonchev–Trinajstić information content (AvgIpc) is 2.74. The quantitative estimate of drug-likeness (QED) is 0.674. The molecule has 2 atom stereocenters. The molecule has 1 rings (SSSR count). The normalized spacial score (nSPS) is 22.8. The largest absolute Gasteiger partial charge is 0.338 e. The van der Waals surface area contributed by atoms with Crippen molar-refractivity contribution in [2.45, 2.75) is 25.8 Å². The van der Waals surface area contributed by atoms with Gasteiger partial charge in [-0.2, -0.15) is 0 Å². The van der Waals surface area contributed by atoms with Crippen LogP contribution in [0.15, 0.2) is 0 Å². The Hall–Kier alpha value is -0.660. The minimum Gasteiger partial charge on any atom is -0.338 e. The molecule has 0 aromatic heterocycles. The Kier molecular flexibility index (Phi) is 4.91. The van der Waals surface area contributed by atoms with E-state index in [1.165, 1.54) is 7.05 Å². The van der Waals surface area contributed by atoms with Gasteiger partial charge in [-0.1, -0.05) is 6.92 Å². The van der Waals surface area contributed by atoms with E-state index in [0.29, 0.717) is 13.1 Å². The van der Waals surface area contributed by atoms with Crippen molar-refractivity contribution in [3.05, 3.63) is 0 Å². The van der Waals surface area contributed by atoms with Gasteiger partial charge in [0.05, 0.1) is 5.75 Å². The Morgan fingerprint density at radius 1 is 1.59 bits per heavy atom. The molecule has 0 aliphatic carbocycles. The number of carbonyl (C=O) groups excluding carboxylic acids is 1. The second-order valence-corrected chi connectivity index (χ2v) is 6.42. The Bertz CT molecular complexity index is 369. The third-order valence-corrected chi connectivity index (χ3v) is 4.60. The van der Waals surface area contributed by atoms with Crippen molar-refractivity contribution in [1.82, 2.24) is 9.62 Å². The molecular formula is C10H21N3O3S. The van der Waals surface area contributed by atoms with E-state index in [1.54, 1.807) is 11.8 Å². The lowest BCUT2D eigenvalue weighted by Crippen LogP contribution is -2.45. The number of rotatable bonds is 5. The van der Waals surface area contributed by atoms with E-state index in [4.69, 9.17) is 5.73 Å². The number of carbonyl (C=O) groups is 1. The predicted octanol–water partition coefficient (Wildman–Crippen LogP) is -0.879. The van der Waals surface area contributed by atoms with Gasteiger partial charge >= 0.3 is 0 Å². The van der Waals surface area contributed by atoms with Gasteiger partial charge in [0.2, 0.25) is 15.9 Å². The molecule has 1 aliphatic heterocycles. The fourth-order valence-corrected chi connectivity index (χ4v) is 3.04. The zero-order chi connectivity index (χ0) is 13.1. The van der Waals surface area contributed by atoms with Crippen LogP contribution in [0.2, 0.25) is 0 Å².